The number of tetrazole rings is 1. The summed E-state index contributed by atoms with van der Waals surface area (Å²) in [5, 5.41) is 23.9. The Bertz CT molecular complexity index is 1570. The number of aromatic nitrogens is 7. The molecule has 180 valence electrons. The largest absolute Gasteiger partial charge is 0.372 e. The predicted octanol–water partition coefficient (Wildman–Crippen LogP) is 3.04. The number of hydrogen-bond acceptors (Lipinski definition) is 6. The summed E-state index contributed by atoms with van der Waals surface area (Å²) in [6.07, 6.45) is 5.93. The van der Waals surface area contributed by atoms with Crippen LogP contribution in [0.1, 0.15) is 23.5 Å². The summed E-state index contributed by atoms with van der Waals surface area (Å²) in [5.74, 6) is 0.0676. The minimum atomic E-state index is -1.41. The molecular weight excluding hydrogens is 485 g/mol. The van der Waals surface area contributed by atoms with Gasteiger partial charge in [0, 0.05) is 20.9 Å². The number of aryl methyl sites for hydroxylation is 1. The van der Waals surface area contributed by atoms with Gasteiger partial charge < -0.3 is 10.1 Å². The zero-order valence-corrected chi connectivity index (χ0v) is 19.8. The second-order valence-electron chi connectivity index (χ2n) is 8.54. The van der Waals surface area contributed by atoms with Crippen LogP contribution in [0.25, 0.3) is 28.1 Å². The molecule has 1 atom stereocenters. The van der Waals surface area contributed by atoms with Crippen LogP contribution in [-0.4, -0.2) is 42.4 Å². The van der Waals surface area contributed by atoms with Crippen molar-refractivity contribution in [1.82, 2.24) is 30.2 Å². The number of fused-ring (bicyclic) bond motifs is 1. The highest BCUT2D eigenvalue weighted by Gasteiger charge is 2.50. The highest BCUT2D eigenvalue weighted by atomic mass is 35.5. The highest BCUT2D eigenvalue weighted by molar-refractivity contribution is 6.31. The number of pyridine rings is 1. The maximum Gasteiger partial charge on any atom is 0.276 e. The fourth-order valence-electron chi connectivity index (χ4n) is 4.74. The van der Waals surface area contributed by atoms with Gasteiger partial charge in [-0.3, -0.25) is 4.84 Å². The van der Waals surface area contributed by atoms with Crippen LogP contribution in [-0.2, 0) is 12.0 Å². The Labute approximate surface area is 209 Å². The van der Waals surface area contributed by atoms with E-state index in [2.05, 4.69) is 25.5 Å². The van der Waals surface area contributed by atoms with Crippen molar-refractivity contribution in [2.75, 3.05) is 7.11 Å². The van der Waals surface area contributed by atoms with Crippen LogP contribution in [0, 0.1) is 5.82 Å². The Morgan fingerprint density at radius 2 is 2.00 bits per heavy atom. The second kappa shape index (κ2) is 8.51. The Balaban J connectivity index is 1.44. The van der Waals surface area contributed by atoms with Crippen LogP contribution in [0.4, 0.5) is 4.39 Å². The molecule has 1 unspecified atom stereocenters. The molecule has 6 rings (SSSR count). The van der Waals surface area contributed by atoms with Gasteiger partial charge in [0.15, 0.2) is 0 Å². The average molecular weight is 505 g/mol. The number of halogens is 2. The summed E-state index contributed by atoms with van der Waals surface area (Å²) in [6.45, 7) is 0. The van der Waals surface area contributed by atoms with Crippen LogP contribution in [0.3, 0.4) is 0 Å². The third kappa shape index (κ3) is 3.62. The van der Waals surface area contributed by atoms with Gasteiger partial charge in [0.1, 0.15) is 25.1 Å². The van der Waals surface area contributed by atoms with Gasteiger partial charge in [-0.2, -0.15) is 4.68 Å². The molecule has 36 heavy (non-hydrogen) atoms. The van der Waals surface area contributed by atoms with Crippen molar-refractivity contribution < 1.29 is 19.1 Å². The van der Waals surface area contributed by atoms with E-state index in [1.807, 2.05) is 18.2 Å². The van der Waals surface area contributed by atoms with E-state index < -0.39 is 5.60 Å². The summed E-state index contributed by atoms with van der Waals surface area (Å²) in [5.41, 5.74) is 3.89. The summed E-state index contributed by atoms with van der Waals surface area (Å²) in [4.78, 5) is 13.4. The molecule has 1 aliphatic rings. The molecule has 0 bridgehead atoms. The maximum atomic E-state index is 13.3. The first-order valence-corrected chi connectivity index (χ1v) is 11.5. The van der Waals surface area contributed by atoms with Crippen LogP contribution in [0.5, 0.6) is 0 Å². The number of H-pyrrole nitrogens is 1. The fourth-order valence-corrected chi connectivity index (χ4v) is 4.91. The van der Waals surface area contributed by atoms with Gasteiger partial charge >= 0.3 is 0 Å². The summed E-state index contributed by atoms with van der Waals surface area (Å²) >= 11 is 6.33. The molecule has 2 N–H and O–H groups in total. The monoisotopic (exact) mass is 504 g/mol. The number of hydrogen-bond donors (Lipinski definition) is 2. The van der Waals surface area contributed by atoms with Crippen molar-refractivity contribution >= 4 is 11.6 Å². The lowest BCUT2D eigenvalue weighted by Crippen LogP contribution is -2.50. The number of benzene rings is 2. The Hall–Kier alpha value is -4.15. The van der Waals surface area contributed by atoms with Gasteiger partial charge in [-0.1, -0.05) is 11.6 Å². The molecular formula is C25H20ClFN7O2+. The van der Waals surface area contributed by atoms with E-state index in [0.29, 0.717) is 35.1 Å². The van der Waals surface area contributed by atoms with Gasteiger partial charge in [0.25, 0.3) is 5.69 Å². The molecule has 9 nitrogen and oxygen atoms in total. The molecule has 0 saturated carbocycles. The Morgan fingerprint density at radius 1 is 1.17 bits per heavy atom. The Morgan fingerprint density at radius 3 is 2.75 bits per heavy atom. The van der Waals surface area contributed by atoms with E-state index in [1.165, 1.54) is 25.6 Å². The van der Waals surface area contributed by atoms with Crippen molar-refractivity contribution in [3.63, 3.8) is 0 Å². The van der Waals surface area contributed by atoms with Crippen molar-refractivity contribution in [3.05, 3.63) is 95.2 Å². The third-order valence-electron chi connectivity index (χ3n) is 6.44. The van der Waals surface area contributed by atoms with Crippen molar-refractivity contribution in [1.29, 1.82) is 0 Å². The summed E-state index contributed by atoms with van der Waals surface area (Å²) in [6, 6.07) is 13.5. The van der Waals surface area contributed by atoms with Crippen LogP contribution >= 0.6 is 11.6 Å². The molecule has 0 saturated heterocycles. The first-order chi connectivity index (χ1) is 17.5. The van der Waals surface area contributed by atoms with E-state index >= 15 is 0 Å². The van der Waals surface area contributed by atoms with Crippen molar-refractivity contribution in [3.8, 4) is 28.1 Å². The molecule has 0 amide bonds. The first-order valence-electron chi connectivity index (χ1n) is 11.2. The van der Waals surface area contributed by atoms with Crippen LogP contribution in [0.15, 0.2) is 67.3 Å². The highest BCUT2D eigenvalue weighted by Crippen LogP contribution is 2.41. The molecule has 3 heterocycles. The molecule has 0 fully saturated rings. The normalized spacial score (nSPS) is 16.8. The molecule has 5 aromatic rings. The minimum absolute atomic E-state index is 0.318. The number of rotatable bonds is 5. The number of nitrogens with one attached hydrogen (secondary N) is 1. The molecule has 3 aromatic heterocycles. The van der Waals surface area contributed by atoms with Crippen molar-refractivity contribution in [2.45, 2.75) is 18.4 Å². The minimum Gasteiger partial charge on any atom is -0.372 e. The summed E-state index contributed by atoms with van der Waals surface area (Å²) < 4.78 is 16.5. The zero-order valence-electron chi connectivity index (χ0n) is 19.1. The number of aromatic amines is 1. The first kappa shape index (κ1) is 22.3. The molecule has 11 heteroatoms. The van der Waals surface area contributed by atoms with Crippen molar-refractivity contribution in [2.24, 2.45) is 0 Å². The number of imidazole rings is 1. The van der Waals surface area contributed by atoms with E-state index in [0.717, 1.165) is 27.9 Å². The quantitative estimate of drug-likeness (QED) is 0.356. The van der Waals surface area contributed by atoms with E-state index in [-0.39, 0.29) is 5.82 Å². The average Bonchev–Trinajstić information content (AvgIpc) is 3.65. The second-order valence-corrected chi connectivity index (χ2v) is 8.98. The molecule has 0 spiro atoms. The van der Waals surface area contributed by atoms with Gasteiger partial charge in [0.2, 0.25) is 11.8 Å². The van der Waals surface area contributed by atoms with Crippen LogP contribution in [0.2, 0.25) is 5.02 Å². The lowest BCUT2D eigenvalue weighted by molar-refractivity contribution is -0.893. The van der Waals surface area contributed by atoms with E-state index in [9.17, 15) is 9.50 Å². The molecule has 0 radical (unpaired) electrons. The topological polar surface area (TPSA) is 106 Å². The number of aliphatic hydroxyl groups is 1. The van der Waals surface area contributed by atoms with Gasteiger partial charge in [-0.15, -0.1) is 5.10 Å². The van der Waals surface area contributed by atoms with E-state index in [1.54, 1.807) is 40.0 Å². The Kier molecular flexibility index (Phi) is 5.27. The fraction of sp³-hybridized carbons (Fsp3) is 0.160. The van der Waals surface area contributed by atoms with E-state index in [4.69, 9.17) is 16.4 Å². The van der Waals surface area contributed by atoms with Gasteiger partial charge in [-0.05, 0) is 77.4 Å². The molecule has 0 aliphatic heterocycles. The standard InChI is InChI=1S/C25H20ClFN7O2/c1-36-34-13-17(20-11-18(26)4-7-22(20)33-14-29-31-32-33)10-16-8-9-25(35,23(16)34)24-28-12-21(30-24)15-2-5-19(27)6-3-15/h2-7,10-14,35H,8-9H2,1H3,(H,28,30)/q+1. The zero-order chi connectivity index (χ0) is 24.9. The predicted molar refractivity (Wildman–Crippen MR) is 128 cm³/mol. The summed E-state index contributed by atoms with van der Waals surface area (Å²) in [7, 11) is 1.54. The molecule has 2 aromatic carbocycles. The molecule has 1 aliphatic carbocycles. The third-order valence-corrected chi connectivity index (χ3v) is 6.68. The number of nitrogens with zero attached hydrogens (tertiary/aromatic N) is 6. The lowest BCUT2D eigenvalue weighted by atomic mass is 9.98. The van der Waals surface area contributed by atoms with Gasteiger partial charge in [-0.25, -0.2) is 9.37 Å². The lowest BCUT2D eigenvalue weighted by Gasteiger charge is -2.18. The smallest absolute Gasteiger partial charge is 0.276 e. The van der Waals surface area contributed by atoms with Gasteiger partial charge in [0.05, 0.1) is 23.1 Å². The van der Waals surface area contributed by atoms with Crippen LogP contribution < -0.4 is 9.57 Å². The maximum absolute atomic E-state index is 13.3. The SMILES string of the molecule is CO[n+]1cc(-c2cc(Cl)ccc2-n2cnnn2)cc2c1C(O)(c1ncc(-c3ccc(F)cc3)[nH]1)CC2.